The van der Waals surface area contributed by atoms with Crippen molar-refractivity contribution in [2.45, 2.75) is 52.6 Å². The second-order valence-corrected chi connectivity index (χ2v) is 8.49. The number of fused-ring (bicyclic) bond motifs is 2. The smallest absolute Gasteiger partial charge is 0.321 e. The first kappa shape index (κ1) is 20.4. The molecule has 8 nitrogen and oxygen atoms in total. The summed E-state index contributed by atoms with van der Waals surface area (Å²) in [5.74, 6) is 0.728. The van der Waals surface area contributed by atoms with Crippen LogP contribution in [-0.2, 0) is 11.3 Å². The van der Waals surface area contributed by atoms with Crippen molar-refractivity contribution in [2.75, 3.05) is 13.6 Å². The van der Waals surface area contributed by atoms with Crippen LogP contribution in [-0.4, -0.2) is 49.8 Å². The lowest BCUT2D eigenvalue weighted by atomic mass is 10.0. The van der Waals surface area contributed by atoms with E-state index in [2.05, 4.69) is 26.9 Å². The highest BCUT2D eigenvalue weighted by molar-refractivity contribution is 5.81. The van der Waals surface area contributed by atoms with Crippen molar-refractivity contribution in [1.82, 2.24) is 24.4 Å². The molecule has 1 aliphatic carbocycles. The second-order valence-electron chi connectivity index (χ2n) is 8.49. The molecule has 30 heavy (non-hydrogen) atoms. The van der Waals surface area contributed by atoms with Crippen LogP contribution in [0.25, 0.3) is 22.6 Å². The lowest BCUT2D eigenvalue weighted by Crippen LogP contribution is -2.34. The fraction of sp³-hybridized carbons (Fsp3) is 0.500. The molecule has 1 N–H and O–H groups in total. The molecule has 0 unspecified atom stereocenters. The third kappa shape index (κ3) is 3.67. The minimum absolute atomic E-state index is 0.154. The summed E-state index contributed by atoms with van der Waals surface area (Å²) in [7, 11) is 2.06. The Morgan fingerprint density at radius 3 is 2.63 bits per heavy atom. The summed E-state index contributed by atoms with van der Waals surface area (Å²) >= 11 is 0. The molecule has 4 rings (SSSR count). The molecule has 1 saturated carbocycles. The monoisotopic (exact) mass is 409 g/mol. The molecule has 1 aromatic rings. The Labute approximate surface area is 174 Å². The van der Waals surface area contributed by atoms with E-state index in [1.165, 1.54) is 0 Å². The van der Waals surface area contributed by atoms with Crippen molar-refractivity contribution in [3.8, 4) is 11.5 Å². The van der Waals surface area contributed by atoms with Gasteiger partial charge in [-0.1, -0.05) is 0 Å². The van der Waals surface area contributed by atoms with E-state index in [4.69, 9.17) is 0 Å². The van der Waals surface area contributed by atoms with Crippen molar-refractivity contribution < 1.29 is 4.79 Å². The molecule has 0 amide bonds. The fourth-order valence-electron chi connectivity index (χ4n) is 4.44. The number of carbonyl (C=O) groups excluding carboxylic acids is 1. The van der Waals surface area contributed by atoms with Gasteiger partial charge in [0.05, 0.1) is 11.0 Å². The van der Waals surface area contributed by atoms with Crippen molar-refractivity contribution in [2.24, 2.45) is 5.92 Å². The van der Waals surface area contributed by atoms with Crippen LogP contribution in [0.15, 0.2) is 21.7 Å². The van der Waals surface area contributed by atoms with Gasteiger partial charge in [0, 0.05) is 25.0 Å². The van der Waals surface area contributed by atoms with Crippen molar-refractivity contribution in [1.29, 1.82) is 0 Å². The van der Waals surface area contributed by atoms with Gasteiger partial charge in [0.15, 0.2) is 11.5 Å². The zero-order valence-electron chi connectivity index (χ0n) is 17.9. The third-order valence-corrected chi connectivity index (χ3v) is 6.50. The first-order chi connectivity index (χ1) is 14.2. The zero-order chi connectivity index (χ0) is 21.6. The fourth-order valence-corrected chi connectivity index (χ4v) is 4.44. The van der Waals surface area contributed by atoms with E-state index in [1.807, 2.05) is 30.5 Å². The number of H-pyrrole nitrogens is 1. The summed E-state index contributed by atoms with van der Waals surface area (Å²) in [5.41, 5.74) is 2.74. The van der Waals surface area contributed by atoms with E-state index >= 15 is 0 Å². The zero-order valence-corrected chi connectivity index (χ0v) is 17.9. The Morgan fingerprint density at radius 2 is 1.93 bits per heavy atom. The first-order valence-electron chi connectivity index (χ1n) is 10.4. The number of benzene rings is 1. The van der Waals surface area contributed by atoms with Gasteiger partial charge in [-0.2, -0.15) is 4.98 Å². The Balaban J connectivity index is 1.73. The van der Waals surface area contributed by atoms with Crippen molar-refractivity contribution in [3.05, 3.63) is 44.1 Å². The maximum atomic E-state index is 12.4. The summed E-state index contributed by atoms with van der Waals surface area (Å²) in [4.78, 5) is 49.1. The lowest BCUT2D eigenvalue weighted by molar-refractivity contribution is -0.120. The molecule has 0 bridgehead atoms. The number of nitrogens with one attached hydrogen (secondary N) is 1. The van der Waals surface area contributed by atoms with E-state index in [9.17, 15) is 14.4 Å². The number of hydrogen-bond acceptors (Lipinski definition) is 6. The van der Waals surface area contributed by atoms with Crippen LogP contribution in [0.2, 0.25) is 0 Å². The van der Waals surface area contributed by atoms with Gasteiger partial charge in [0.25, 0.3) is 5.56 Å². The topological polar surface area (TPSA) is 101 Å². The van der Waals surface area contributed by atoms with Crippen LogP contribution in [0, 0.1) is 19.8 Å². The van der Waals surface area contributed by atoms with Gasteiger partial charge in [-0.05, 0) is 70.3 Å². The molecule has 2 heterocycles. The molecule has 2 atom stereocenters. The largest absolute Gasteiger partial charge is 0.349 e. The average Bonchev–Trinajstić information content (AvgIpc) is 3.18. The average molecular weight is 409 g/mol. The molecular formula is C22H27N5O3. The van der Waals surface area contributed by atoms with Gasteiger partial charge in [-0.25, -0.2) is 9.78 Å². The normalized spacial score (nSPS) is 19.2. The molecule has 0 aromatic heterocycles. The molecule has 3 aliphatic rings. The number of hydrogen-bond donors (Lipinski definition) is 1. The maximum Gasteiger partial charge on any atom is 0.349 e. The number of aryl methyl sites for hydroxylation is 2. The molecular weight excluding hydrogens is 382 g/mol. The van der Waals surface area contributed by atoms with Gasteiger partial charge < -0.3 is 9.47 Å². The highest BCUT2D eigenvalue weighted by Gasteiger charge is 2.30. The van der Waals surface area contributed by atoms with E-state index in [1.54, 1.807) is 6.92 Å². The van der Waals surface area contributed by atoms with Crippen LogP contribution in [0.1, 0.15) is 37.3 Å². The number of aromatic amines is 1. The molecule has 1 fully saturated rings. The Bertz CT molecular complexity index is 1210. The maximum absolute atomic E-state index is 12.4. The second kappa shape index (κ2) is 7.75. The number of nitrogens with zero attached hydrogens (tertiary/aromatic N) is 4. The molecule has 8 heteroatoms. The minimum atomic E-state index is -0.667. The summed E-state index contributed by atoms with van der Waals surface area (Å²) in [6.45, 7) is 6.98. The molecule has 2 aliphatic heterocycles. The predicted molar refractivity (Wildman–Crippen MR) is 115 cm³/mol. The number of aromatic nitrogens is 4. The van der Waals surface area contributed by atoms with Gasteiger partial charge >= 0.3 is 5.69 Å². The van der Waals surface area contributed by atoms with E-state index in [0.717, 1.165) is 35.9 Å². The van der Waals surface area contributed by atoms with Gasteiger partial charge in [0.2, 0.25) is 0 Å². The van der Waals surface area contributed by atoms with Crippen LogP contribution in [0.4, 0.5) is 0 Å². The standard InChI is InChI=1S/C22H27N5O3/c1-12-9-17-18(10-13(12)2)27(20-19(23-17)21(29)25-22(30)24-20)8-7-26(4)16-6-5-15(11-16)14(3)28/h9-10,15-16H,5-8,11H2,1-4H3,(H,25,29,30)/t15-,16+/m0/s1. The van der Waals surface area contributed by atoms with Gasteiger partial charge in [-0.15, -0.1) is 0 Å². The van der Waals surface area contributed by atoms with Gasteiger partial charge in [0.1, 0.15) is 5.78 Å². The number of rotatable bonds is 5. The number of Topliss-reactive ketones (excluding diaryl/α,β-unsaturated/α-hetero) is 1. The predicted octanol–water partition coefficient (Wildman–Crippen LogP) is 1.89. The molecule has 0 radical (unpaired) electrons. The number of likely N-dealkylation sites (N-methyl/N-ethyl adjacent to an activating group) is 1. The van der Waals surface area contributed by atoms with Crippen molar-refractivity contribution >= 4 is 16.8 Å². The summed E-state index contributed by atoms with van der Waals surface area (Å²) in [6.07, 6.45) is 2.83. The first-order valence-corrected chi connectivity index (χ1v) is 10.4. The van der Waals surface area contributed by atoms with Crippen LogP contribution in [0.5, 0.6) is 0 Å². The summed E-state index contributed by atoms with van der Waals surface area (Å²) in [5, 5.41) is 0. The SMILES string of the molecule is CC(=O)[C@H]1CC[C@@H](N(C)CCn2c3nc(=O)[nH]c(=O)c-3nc3cc(C)c(C)cc32)C1. The Kier molecular flexibility index (Phi) is 5.27. The number of carbonyl (C=O) groups is 1. The summed E-state index contributed by atoms with van der Waals surface area (Å²) in [6, 6.07) is 4.35. The van der Waals surface area contributed by atoms with Gasteiger partial charge in [-0.3, -0.25) is 14.6 Å². The Hall–Kier alpha value is -2.87. The highest BCUT2D eigenvalue weighted by atomic mass is 16.2. The number of ketones is 1. The minimum Gasteiger partial charge on any atom is -0.321 e. The summed E-state index contributed by atoms with van der Waals surface area (Å²) < 4.78 is 1.93. The van der Waals surface area contributed by atoms with Crippen LogP contribution < -0.4 is 11.2 Å². The quantitative estimate of drug-likeness (QED) is 0.646. The van der Waals surface area contributed by atoms with E-state index in [0.29, 0.717) is 30.5 Å². The molecule has 0 spiro atoms. The highest BCUT2D eigenvalue weighted by Crippen LogP contribution is 2.30. The van der Waals surface area contributed by atoms with E-state index < -0.39 is 11.2 Å². The molecule has 1 aromatic carbocycles. The van der Waals surface area contributed by atoms with Crippen LogP contribution >= 0.6 is 0 Å². The molecule has 0 saturated heterocycles. The lowest BCUT2D eigenvalue weighted by Gasteiger charge is -2.26. The van der Waals surface area contributed by atoms with Crippen LogP contribution in [0.3, 0.4) is 0 Å². The van der Waals surface area contributed by atoms with E-state index in [-0.39, 0.29) is 17.4 Å². The van der Waals surface area contributed by atoms with Crippen molar-refractivity contribution in [3.63, 3.8) is 0 Å². The third-order valence-electron chi connectivity index (χ3n) is 6.50. The Morgan fingerprint density at radius 1 is 1.20 bits per heavy atom. The molecule has 158 valence electrons.